The highest BCUT2D eigenvalue weighted by Gasteiger charge is 2.09. The van der Waals surface area contributed by atoms with Crippen LogP contribution in [0.1, 0.15) is 5.56 Å². The van der Waals surface area contributed by atoms with E-state index in [0.717, 1.165) is 17.8 Å². The minimum Gasteiger partial charge on any atom is -1.00 e. The lowest BCUT2D eigenvalue weighted by atomic mass is 10.1. The van der Waals surface area contributed by atoms with Crippen molar-refractivity contribution in [2.75, 3.05) is 7.11 Å². The van der Waals surface area contributed by atoms with Crippen LogP contribution in [0.3, 0.4) is 0 Å². The van der Waals surface area contributed by atoms with E-state index in [9.17, 15) is 0 Å². The van der Waals surface area contributed by atoms with Crippen molar-refractivity contribution in [2.45, 2.75) is 6.54 Å². The van der Waals surface area contributed by atoms with Crippen molar-refractivity contribution in [3.63, 3.8) is 0 Å². The summed E-state index contributed by atoms with van der Waals surface area (Å²) in [5, 5.41) is 1.21. The molecule has 0 amide bonds. The molecule has 0 unspecified atom stereocenters. The van der Waals surface area contributed by atoms with Crippen molar-refractivity contribution in [3.8, 4) is 16.9 Å². The third-order valence-electron chi connectivity index (χ3n) is 4.30. The van der Waals surface area contributed by atoms with Gasteiger partial charge in [0.05, 0.1) is 7.11 Å². The smallest absolute Gasteiger partial charge is 0.173 e. The number of rotatable bonds is 4. The molecule has 0 aliphatic heterocycles. The number of benzene rings is 2. The van der Waals surface area contributed by atoms with Gasteiger partial charge < -0.3 is 26.7 Å². The lowest BCUT2D eigenvalue weighted by Gasteiger charge is -2.02. The van der Waals surface area contributed by atoms with E-state index in [4.69, 9.17) is 4.74 Å². The molecule has 0 saturated carbocycles. The van der Waals surface area contributed by atoms with Crippen LogP contribution in [-0.2, 0) is 6.54 Å². The van der Waals surface area contributed by atoms with E-state index in [-0.39, 0.29) is 17.0 Å². The van der Waals surface area contributed by atoms with E-state index in [1.165, 1.54) is 22.1 Å². The summed E-state index contributed by atoms with van der Waals surface area (Å²) >= 11 is 0. The van der Waals surface area contributed by atoms with E-state index >= 15 is 0 Å². The number of pyridine rings is 1. The van der Waals surface area contributed by atoms with Crippen LogP contribution >= 0.6 is 0 Å². The van der Waals surface area contributed by atoms with Crippen LogP contribution in [0, 0.1) is 0 Å². The summed E-state index contributed by atoms with van der Waals surface area (Å²) in [5.74, 6) is 0.865. The second-order valence-electron chi connectivity index (χ2n) is 5.86. The quantitative estimate of drug-likeness (QED) is 0.517. The standard InChI is InChI=1S/C21H18N2O.BrH/c1-24-18-7-8-19-20(14-22-21(19)13-18)17-9-11-23(12-10-17)15-16-5-3-2-4-6-16;/h2-14H,15H2,1H3;1H. The molecule has 4 heteroatoms. The average Bonchev–Trinajstić information content (AvgIpc) is 3.06. The van der Waals surface area contributed by atoms with Crippen molar-refractivity contribution in [1.29, 1.82) is 0 Å². The molecule has 0 spiro atoms. The average molecular weight is 395 g/mol. The summed E-state index contributed by atoms with van der Waals surface area (Å²) in [5.41, 5.74) is 4.80. The van der Waals surface area contributed by atoms with Crippen molar-refractivity contribution in [1.82, 2.24) is 4.98 Å². The van der Waals surface area contributed by atoms with Crippen molar-refractivity contribution < 1.29 is 26.3 Å². The van der Waals surface area contributed by atoms with Crippen LogP contribution in [0.25, 0.3) is 22.0 Å². The first-order valence-electron chi connectivity index (χ1n) is 8.02. The molecule has 0 atom stereocenters. The molecule has 0 saturated heterocycles. The van der Waals surface area contributed by atoms with Crippen LogP contribution < -0.4 is 26.3 Å². The molecule has 1 N–H and O–H groups in total. The van der Waals surface area contributed by atoms with Gasteiger partial charge in [0.2, 0.25) is 0 Å². The van der Waals surface area contributed by atoms with Gasteiger partial charge in [-0.05, 0) is 17.7 Å². The molecule has 0 fully saturated rings. The highest BCUT2D eigenvalue weighted by Crippen LogP contribution is 2.30. The monoisotopic (exact) mass is 394 g/mol. The Morgan fingerprint density at radius 1 is 0.960 bits per heavy atom. The summed E-state index contributed by atoms with van der Waals surface area (Å²) < 4.78 is 7.48. The van der Waals surface area contributed by atoms with Gasteiger partial charge in [-0.15, -0.1) is 0 Å². The number of hydrogen-bond acceptors (Lipinski definition) is 1. The number of methoxy groups -OCH3 is 1. The Bertz CT molecular complexity index is 962. The molecule has 0 aliphatic rings. The summed E-state index contributed by atoms with van der Waals surface area (Å²) in [4.78, 5) is 3.33. The van der Waals surface area contributed by atoms with E-state index < -0.39 is 0 Å². The number of H-pyrrole nitrogens is 1. The summed E-state index contributed by atoms with van der Waals surface area (Å²) in [6.07, 6.45) is 6.32. The van der Waals surface area contributed by atoms with Gasteiger partial charge in [-0.1, -0.05) is 30.3 Å². The fraction of sp³-hybridized carbons (Fsp3) is 0.0952. The molecule has 0 bridgehead atoms. The third kappa shape index (κ3) is 3.59. The Kier molecular flexibility index (Phi) is 5.19. The van der Waals surface area contributed by atoms with E-state index in [1.54, 1.807) is 7.11 Å². The highest BCUT2D eigenvalue weighted by atomic mass is 79.9. The van der Waals surface area contributed by atoms with Gasteiger partial charge in [-0.3, -0.25) is 0 Å². The second kappa shape index (κ2) is 7.53. The summed E-state index contributed by atoms with van der Waals surface area (Å²) in [6, 6.07) is 20.9. The summed E-state index contributed by atoms with van der Waals surface area (Å²) in [7, 11) is 1.69. The van der Waals surface area contributed by atoms with Crippen LogP contribution in [0.2, 0.25) is 0 Å². The fourth-order valence-corrected chi connectivity index (χ4v) is 3.01. The molecular weight excluding hydrogens is 376 g/mol. The summed E-state index contributed by atoms with van der Waals surface area (Å²) in [6.45, 7) is 0.881. The van der Waals surface area contributed by atoms with Crippen LogP contribution in [-0.4, -0.2) is 12.1 Å². The van der Waals surface area contributed by atoms with Gasteiger partial charge in [0.25, 0.3) is 0 Å². The van der Waals surface area contributed by atoms with E-state index in [0.29, 0.717) is 0 Å². The van der Waals surface area contributed by atoms with Gasteiger partial charge in [0.1, 0.15) is 5.75 Å². The first-order valence-corrected chi connectivity index (χ1v) is 8.02. The van der Waals surface area contributed by atoms with Gasteiger partial charge in [0.15, 0.2) is 18.9 Å². The van der Waals surface area contributed by atoms with Crippen molar-refractivity contribution >= 4 is 10.9 Å². The first-order chi connectivity index (χ1) is 11.8. The maximum Gasteiger partial charge on any atom is 0.173 e. The Labute approximate surface area is 157 Å². The maximum absolute atomic E-state index is 5.29. The van der Waals surface area contributed by atoms with Crippen LogP contribution in [0.5, 0.6) is 5.75 Å². The molecule has 3 nitrogen and oxygen atoms in total. The lowest BCUT2D eigenvalue weighted by Crippen LogP contribution is -3.00. The SMILES string of the molecule is COc1ccc2c(-c3cc[n+](Cc4ccccc4)cc3)c[nH]c2c1.[Br-]. The normalized spacial score (nSPS) is 10.4. The number of nitrogens with one attached hydrogen (secondary N) is 1. The lowest BCUT2D eigenvalue weighted by molar-refractivity contribution is -0.688. The third-order valence-corrected chi connectivity index (χ3v) is 4.30. The molecule has 25 heavy (non-hydrogen) atoms. The Morgan fingerprint density at radius 2 is 1.72 bits per heavy atom. The molecule has 2 heterocycles. The molecule has 2 aromatic carbocycles. The van der Waals surface area contributed by atoms with E-state index in [1.807, 2.05) is 18.2 Å². The van der Waals surface area contributed by atoms with Gasteiger partial charge in [0, 0.05) is 46.4 Å². The fourth-order valence-electron chi connectivity index (χ4n) is 3.01. The number of aromatic amines is 1. The number of fused-ring (bicyclic) bond motifs is 1. The number of aromatic nitrogens is 2. The molecule has 4 rings (SSSR count). The van der Waals surface area contributed by atoms with Gasteiger partial charge in [-0.25, -0.2) is 4.57 Å². The van der Waals surface area contributed by atoms with Gasteiger partial charge in [-0.2, -0.15) is 0 Å². The molecule has 126 valence electrons. The molecule has 2 aromatic heterocycles. The molecule has 0 aliphatic carbocycles. The predicted molar refractivity (Wildman–Crippen MR) is 96.0 cm³/mol. The second-order valence-corrected chi connectivity index (χ2v) is 5.86. The zero-order valence-corrected chi connectivity index (χ0v) is 15.5. The minimum absolute atomic E-state index is 0. The number of hydrogen-bond donors (Lipinski definition) is 1. The Hall–Kier alpha value is -2.59. The van der Waals surface area contributed by atoms with Crippen LogP contribution in [0.4, 0.5) is 0 Å². The Balaban J connectivity index is 0.00000182. The minimum atomic E-state index is 0. The van der Waals surface area contributed by atoms with Crippen molar-refractivity contribution in [2.24, 2.45) is 0 Å². The van der Waals surface area contributed by atoms with E-state index in [2.05, 4.69) is 70.6 Å². The van der Waals surface area contributed by atoms with Crippen molar-refractivity contribution in [3.05, 3.63) is 84.8 Å². The number of nitrogens with zero attached hydrogens (tertiary/aromatic N) is 1. The number of halogens is 1. The maximum atomic E-state index is 5.29. The van der Waals surface area contributed by atoms with Crippen LogP contribution in [0.15, 0.2) is 79.3 Å². The number of ether oxygens (including phenoxy) is 1. The largest absolute Gasteiger partial charge is 1.00 e. The first kappa shape index (κ1) is 17.2. The topological polar surface area (TPSA) is 28.9 Å². The Morgan fingerprint density at radius 3 is 2.44 bits per heavy atom. The zero-order chi connectivity index (χ0) is 16.4. The molecular formula is C21H19BrN2O. The van der Waals surface area contributed by atoms with Gasteiger partial charge >= 0.3 is 0 Å². The highest BCUT2D eigenvalue weighted by molar-refractivity contribution is 5.96. The molecule has 0 radical (unpaired) electrons. The predicted octanol–water partition coefficient (Wildman–Crippen LogP) is 1.18. The zero-order valence-electron chi connectivity index (χ0n) is 13.9. The molecule has 4 aromatic rings.